The molecule has 0 bridgehead atoms. The largest absolute Gasteiger partial charge is 0.496 e. The molecule has 0 fully saturated rings. The molecule has 1 aromatic heterocycles. The number of hydrogen-bond donors (Lipinski definition) is 1. The van der Waals surface area contributed by atoms with Crippen molar-refractivity contribution in [2.45, 2.75) is 13.1 Å². The number of anilines is 1. The van der Waals surface area contributed by atoms with Crippen LogP contribution in [0, 0.1) is 0 Å². The van der Waals surface area contributed by atoms with E-state index >= 15 is 0 Å². The van der Waals surface area contributed by atoms with E-state index in [2.05, 4.69) is 21.2 Å². The van der Waals surface area contributed by atoms with Crippen molar-refractivity contribution in [1.82, 2.24) is 4.90 Å². The van der Waals surface area contributed by atoms with E-state index < -0.39 is 0 Å². The molecule has 0 saturated heterocycles. The van der Waals surface area contributed by atoms with Gasteiger partial charge in [-0.3, -0.25) is 0 Å². The Morgan fingerprint density at radius 1 is 1.08 bits per heavy atom. The summed E-state index contributed by atoms with van der Waals surface area (Å²) in [7, 11) is 1.67. The summed E-state index contributed by atoms with van der Waals surface area (Å²) in [4.78, 5) is 2.05. The van der Waals surface area contributed by atoms with Crippen LogP contribution in [0.2, 0.25) is 0 Å². The van der Waals surface area contributed by atoms with Gasteiger partial charge in [-0.15, -0.1) is 0 Å². The van der Waals surface area contributed by atoms with Crippen LogP contribution in [0.5, 0.6) is 5.75 Å². The molecule has 134 valence electrons. The fourth-order valence-corrected chi connectivity index (χ4v) is 3.08. The van der Waals surface area contributed by atoms with Gasteiger partial charge in [-0.2, -0.15) is 0 Å². The second kappa shape index (κ2) is 8.87. The van der Waals surface area contributed by atoms with E-state index in [1.165, 1.54) is 0 Å². The van der Waals surface area contributed by atoms with Gasteiger partial charge in [0.15, 0.2) is 5.11 Å². The Morgan fingerprint density at radius 3 is 2.54 bits per heavy atom. The first kappa shape index (κ1) is 18.5. The summed E-state index contributed by atoms with van der Waals surface area (Å²) in [5.41, 5.74) is 1.99. The maximum absolute atomic E-state index is 5.66. The van der Waals surface area contributed by atoms with Gasteiger partial charge in [0.05, 0.1) is 19.9 Å². The SMILES string of the molecule is COc1ccccc1CN(Cc1ccco1)C(=S)Nc1ccc(Br)cc1. The molecule has 0 aliphatic heterocycles. The molecule has 0 atom stereocenters. The maximum Gasteiger partial charge on any atom is 0.174 e. The standard InChI is InChI=1S/C20H19BrN2O2S/c1-24-19-7-3-2-5-15(19)13-23(14-18-6-4-12-25-18)20(26)22-17-10-8-16(21)9-11-17/h2-12H,13-14H2,1H3,(H,22,26). The van der Waals surface area contributed by atoms with E-state index in [0.29, 0.717) is 18.2 Å². The highest BCUT2D eigenvalue weighted by Gasteiger charge is 2.15. The minimum atomic E-state index is 0.563. The molecule has 0 amide bonds. The number of halogens is 1. The van der Waals surface area contributed by atoms with Crippen molar-refractivity contribution < 1.29 is 9.15 Å². The van der Waals surface area contributed by atoms with Crippen molar-refractivity contribution in [2.75, 3.05) is 12.4 Å². The number of ether oxygens (including phenoxy) is 1. The van der Waals surface area contributed by atoms with E-state index in [4.69, 9.17) is 21.4 Å². The smallest absolute Gasteiger partial charge is 0.174 e. The van der Waals surface area contributed by atoms with Crippen molar-refractivity contribution in [3.63, 3.8) is 0 Å². The zero-order valence-corrected chi connectivity index (χ0v) is 16.7. The first-order valence-electron chi connectivity index (χ1n) is 8.11. The van der Waals surface area contributed by atoms with Crippen molar-refractivity contribution in [3.8, 4) is 5.75 Å². The number of nitrogens with one attached hydrogen (secondary N) is 1. The van der Waals surface area contributed by atoms with Crippen LogP contribution in [0.4, 0.5) is 5.69 Å². The highest BCUT2D eigenvalue weighted by molar-refractivity contribution is 9.10. The molecule has 4 nitrogen and oxygen atoms in total. The molecule has 0 unspecified atom stereocenters. The number of methoxy groups -OCH3 is 1. The highest BCUT2D eigenvalue weighted by Crippen LogP contribution is 2.22. The summed E-state index contributed by atoms with van der Waals surface area (Å²) in [6, 6.07) is 19.7. The molecule has 0 saturated carbocycles. The molecule has 1 heterocycles. The number of rotatable bonds is 6. The molecule has 3 aromatic rings. The van der Waals surface area contributed by atoms with Gasteiger partial charge in [-0.05, 0) is 54.7 Å². The van der Waals surface area contributed by atoms with E-state index in [1.807, 2.05) is 65.6 Å². The average Bonchev–Trinajstić information content (AvgIpc) is 3.16. The van der Waals surface area contributed by atoms with Crippen molar-refractivity contribution >= 4 is 38.9 Å². The molecule has 0 aliphatic rings. The lowest BCUT2D eigenvalue weighted by Gasteiger charge is -2.26. The second-order valence-corrected chi connectivity index (χ2v) is 6.99. The van der Waals surface area contributed by atoms with Crippen LogP contribution < -0.4 is 10.1 Å². The summed E-state index contributed by atoms with van der Waals surface area (Å²) in [6.45, 7) is 1.17. The molecule has 6 heteroatoms. The summed E-state index contributed by atoms with van der Waals surface area (Å²) >= 11 is 9.11. The minimum Gasteiger partial charge on any atom is -0.496 e. The van der Waals surface area contributed by atoms with Crippen LogP contribution in [0.25, 0.3) is 0 Å². The summed E-state index contributed by atoms with van der Waals surface area (Å²) in [5.74, 6) is 1.68. The van der Waals surface area contributed by atoms with Gasteiger partial charge >= 0.3 is 0 Å². The highest BCUT2D eigenvalue weighted by atomic mass is 79.9. The fourth-order valence-electron chi connectivity index (χ4n) is 2.57. The summed E-state index contributed by atoms with van der Waals surface area (Å²) in [5, 5.41) is 3.91. The van der Waals surface area contributed by atoms with Crippen LogP contribution in [0.1, 0.15) is 11.3 Å². The number of benzene rings is 2. The van der Waals surface area contributed by atoms with Crippen molar-refractivity contribution in [3.05, 3.63) is 82.7 Å². The molecule has 0 aliphatic carbocycles. The maximum atomic E-state index is 5.66. The lowest BCUT2D eigenvalue weighted by atomic mass is 10.2. The van der Waals surface area contributed by atoms with Gasteiger partial charge in [0.1, 0.15) is 11.5 Å². The van der Waals surface area contributed by atoms with Gasteiger partial charge < -0.3 is 19.4 Å². The first-order valence-corrected chi connectivity index (χ1v) is 9.31. The second-order valence-electron chi connectivity index (χ2n) is 5.68. The van der Waals surface area contributed by atoms with Crippen LogP contribution >= 0.6 is 28.1 Å². The molecular formula is C20H19BrN2O2S. The molecule has 0 radical (unpaired) electrons. The van der Waals surface area contributed by atoms with Crippen LogP contribution in [-0.4, -0.2) is 17.1 Å². The number of furan rings is 1. The quantitative estimate of drug-likeness (QED) is 0.526. The molecule has 3 rings (SSSR count). The van der Waals surface area contributed by atoms with E-state index in [0.717, 1.165) is 27.2 Å². The Balaban J connectivity index is 1.80. The lowest BCUT2D eigenvalue weighted by Crippen LogP contribution is -2.33. The van der Waals surface area contributed by atoms with Crippen LogP contribution in [0.15, 0.2) is 75.8 Å². The van der Waals surface area contributed by atoms with E-state index in [-0.39, 0.29) is 0 Å². The Kier molecular flexibility index (Phi) is 6.30. The Bertz CT molecular complexity index is 851. The van der Waals surface area contributed by atoms with Gasteiger partial charge in [0, 0.05) is 22.3 Å². The van der Waals surface area contributed by atoms with Gasteiger partial charge in [0.25, 0.3) is 0 Å². The molecule has 26 heavy (non-hydrogen) atoms. The monoisotopic (exact) mass is 430 g/mol. The van der Waals surface area contributed by atoms with Crippen molar-refractivity contribution in [2.24, 2.45) is 0 Å². The summed E-state index contributed by atoms with van der Waals surface area (Å²) < 4.78 is 12.0. The predicted octanol–water partition coefficient (Wildman–Crippen LogP) is 5.45. The number of nitrogens with zero attached hydrogens (tertiary/aromatic N) is 1. The van der Waals surface area contributed by atoms with Gasteiger partial charge in [-0.1, -0.05) is 34.1 Å². The zero-order chi connectivity index (χ0) is 18.4. The van der Waals surface area contributed by atoms with Crippen molar-refractivity contribution in [1.29, 1.82) is 0 Å². The third-order valence-electron chi connectivity index (χ3n) is 3.86. The van der Waals surface area contributed by atoms with Crippen LogP contribution in [0.3, 0.4) is 0 Å². The van der Waals surface area contributed by atoms with Gasteiger partial charge in [0.2, 0.25) is 0 Å². The molecular weight excluding hydrogens is 412 g/mol. The van der Waals surface area contributed by atoms with Gasteiger partial charge in [-0.25, -0.2) is 0 Å². The molecule has 0 spiro atoms. The zero-order valence-electron chi connectivity index (χ0n) is 14.3. The minimum absolute atomic E-state index is 0.563. The molecule has 2 aromatic carbocycles. The number of para-hydroxylation sites is 1. The Morgan fingerprint density at radius 2 is 1.85 bits per heavy atom. The fraction of sp³-hybridized carbons (Fsp3) is 0.150. The third kappa shape index (κ3) is 4.86. The average molecular weight is 431 g/mol. The number of hydrogen-bond acceptors (Lipinski definition) is 3. The Hall–Kier alpha value is -2.31. The van der Waals surface area contributed by atoms with Crippen LogP contribution in [-0.2, 0) is 13.1 Å². The first-order chi connectivity index (χ1) is 12.7. The lowest BCUT2D eigenvalue weighted by molar-refractivity contribution is 0.348. The van der Waals surface area contributed by atoms with E-state index in [9.17, 15) is 0 Å². The normalized spacial score (nSPS) is 10.4. The Labute approximate surface area is 166 Å². The summed E-state index contributed by atoms with van der Waals surface area (Å²) in [6.07, 6.45) is 1.67. The predicted molar refractivity (Wildman–Crippen MR) is 111 cm³/mol. The molecule has 1 N–H and O–H groups in total. The van der Waals surface area contributed by atoms with E-state index in [1.54, 1.807) is 13.4 Å². The number of thiocarbonyl (C=S) groups is 1. The topological polar surface area (TPSA) is 37.6 Å². The third-order valence-corrected chi connectivity index (χ3v) is 4.75.